The molecule has 0 bridgehead atoms. The van der Waals surface area contributed by atoms with Gasteiger partial charge in [-0.25, -0.2) is 8.42 Å². The van der Waals surface area contributed by atoms with Crippen LogP contribution in [-0.4, -0.2) is 38.3 Å². The van der Waals surface area contributed by atoms with Gasteiger partial charge in [0, 0.05) is 25.2 Å². The van der Waals surface area contributed by atoms with Crippen LogP contribution in [-0.2, 0) is 10.0 Å². The number of amides is 1. The summed E-state index contributed by atoms with van der Waals surface area (Å²) in [5.74, 6) is 0.490. The summed E-state index contributed by atoms with van der Waals surface area (Å²) in [4.78, 5) is 12.3. The van der Waals surface area contributed by atoms with Gasteiger partial charge in [-0.3, -0.25) is 4.79 Å². The first-order valence-corrected chi connectivity index (χ1v) is 10.3. The van der Waals surface area contributed by atoms with Gasteiger partial charge in [0.25, 0.3) is 5.91 Å². The van der Waals surface area contributed by atoms with Crippen molar-refractivity contribution in [1.29, 1.82) is 0 Å². The van der Waals surface area contributed by atoms with Crippen molar-refractivity contribution in [3.8, 4) is 0 Å². The van der Waals surface area contributed by atoms with Crippen molar-refractivity contribution in [2.75, 3.05) is 13.6 Å². The lowest BCUT2D eigenvalue weighted by molar-refractivity contribution is 0.0951. The summed E-state index contributed by atoms with van der Waals surface area (Å²) in [7, 11) is -1.83. The van der Waals surface area contributed by atoms with E-state index in [1.165, 1.54) is 23.6 Å². The second kappa shape index (κ2) is 7.23. The summed E-state index contributed by atoms with van der Waals surface area (Å²) >= 11 is 0. The molecule has 0 unspecified atom stereocenters. The van der Waals surface area contributed by atoms with Crippen LogP contribution in [0.25, 0.3) is 0 Å². The maximum atomic E-state index is 12.8. The van der Waals surface area contributed by atoms with E-state index >= 15 is 0 Å². The minimum absolute atomic E-state index is 0.0882. The topological polar surface area (TPSA) is 66.5 Å². The SMILES string of the molecule is CN(C1CCCCC1)S(=O)(=O)c1ccc(C(=O)NCC2CC2)cc1. The van der Waals surface area contributed by atoms with E-state index in [0.717, 1.165) is 25.7 Å². The van der Waals surface area contributed by atoms with Gasteiger partial charge >= 0.3 is 0 Å². The van der Waals surface area contributed by atoms with Crippen molar-refractivity contribution >= 4 is 15.9 Å². The lowest BCUT2D eigenvalue weighted by Gasteiger charge is -2.30. The van der Waals surface area contributed by atoms with E-state index in [-0.39, 0.29) is 16.8 Å². The summed E-state index contributed by atoms with van der Waals surface area (Å²) < 4.78 is 27.0. The zero-order valence-electron chi connectivity index (χ0n) is 14.2. The monoisotopic (exact) mass is 350 g/mol. The predicted octanol–water partition coefficient (Wildman–Crippen LogP) is 2.78. The lowest BCUT2D eigenvalue weighted by Crippen LogP contribution is -2.38. The summed E-state index contributed by atoms with van der Waals surface area (Å²) in [6, 6.07) is 6.37. The number of sulfonamides is 1. The molecule has 1 amide bonds. The standard InChI is InChI=1S/C18H26N2O3S/c1-20(16-5-3-2-4-6-16)24(22,23)17-11-9-15(10-12-17)18(21)19-13-14-7-8-14/h9-12,14,16H,2-8,13H2,1H3,(H,19,21). The molecule has 0 atom stereocenters. The molecule has 6 heteroatoms. The Bertz CT molecular complexity index is 675. The molecule has 132 valence electrons. The molecule has 0 saturated heterocycles. The van der Waals surface area contributed by atoms with Crippen molar-refractivity contribution in [2.24, 2.45) is 5.92 Å². The molecule has 2 aliphatic carbocycles. The molecule has 0 radical (unpaired) electrons. The van der Waals surface area contributed by atoms with Crippen molar-refractivity contribution in [1.82, 2.24) is 9.62 Å². The van der Waals surface area contributed by atoms with Crippen LogP contribution in [0.3, 0.4) is 0 Å². The fraction of sp³-hybridized carbons (Fsp3) is 0.611. The molecule has 1 aromatic rings. The van der Waals surface area contributed by atoms with E-state index in [9.17, 15) is 13.2 Å². The van der Waals surface area contributed by atoms with Gasteiger partial charge in [-0.2, -0.15) is 4.31 Å². The van der Waals surface area contributed by atoms with Gasteiger partial charge in [0.05, 0.1) is 4.90 Å². The van der Waals surface area contributed by atoms with Crippen LogP contribution in [0.15, 0.2) is 29.2 Å². The van der Waals surface area contributed by atoms with Crippen LogP contribution in [0.2, 0.25) is 0 Å². The van der Waals surface area contributed by atoms with Crippen LogP contribution in [0.1, 0.15) is 55.3 Å². The Morgan fingerprint density at radius 2 is 1.71 bits per heavy atom. The highest BCUT2D eigenvalue weighted by molar-refractivity contribution is 7.89. The third kappa shape index (κ3) is 3.98. The highest BCUT2D eigenvalue weighted by Gasteiger charge is 2.29. The van der Waals surface area contributed by atoms with Crippen molar-refractivity contribution in [3.05, 3.63) is 29.8 Å². The number of hydrogen-bond acceptors (Lipinski definition) is 3. The summed E-state index contributed by atoms with van der Waals surface area (Å²) in [5, 5.41) is 2.89. The number of benzene rings is 1. The normalized spacial score (nSPS) is 19.4. The quantitative estimate of drug-likeness (QED) is 0.858. The van der Waals surface area contributed by atoms with Gasteiger partial charge in [-0.15, -0.1) is 0 Å². The van der Waals surface area contributed by atoms with Crippen molar-refractivity contribution in [3.63, 3.8) is 0 Å². The molecule has 3 rings (SSSR count). The van der Waals surface area contributed by atoms with Crippen LogP contribution < -0.4 is 5.32 Å². The molecule has 0 aliphatic heterocycles. The lowest BCUT2D eigenvalue weighted by atomic mass is 9.96. The Kier molecular flexibility index (Phi) is 5.25. The summed E-state index contributed by atoms with van der Waals surface area (Å²) in [5.41, 5.74) is 0.509. The molecule has 24 heavy (non-hydrogen) atoms. The molecular weight excluding hydrogens is 324 g/mol. The summed E-state index contributed by atoms with van der Waals surface area (Å²) in [6.45, 7) is 0.712. The number of carbonyl (C=O) groups is 1. The van der Waals surface area contributed by atoms with E-state index in [4.69, 9.17) is 0 Å². The zero-order chi connectivity index (χ0) is 17.2. The Balaban J connectivity index is 1.67. The van der Waals surface area contributed by atoms with E-state index in [2.05, 4.69) is 5.32 Å². The van der Waals surface area contributed by atoms with Crippen LogP contribution >= 0.6 is 0 Å². The van der Waals surface area contributed by atoms with Gasteiger partial charge in [-0.05, 0) is 55.9 Å². The van der Waals surface area contributed by atoms with Gasteiger partial charge < -0.3 is 5.32 Å². The number of nitrogens with zero attached hydrogens (tertiary/aromatic N) is 1. The first-order chi connectivity index (χ1) is 11.5. The first-order valence-electron chi connectivity index (χ1n) is 8.85. The van der Waals surface area contributed by atoms with Crippen molar-refractivity contribution in [2.45, 2.75) is 55.9 Å². The maximum absolute atomic E-state index is 12.8. The average Bonchev–Trinajstić information content (AvgIpc) is 3.44. The molecule has 1 aromatic carbocycles. The average molecular weight is 350 g/mol. The largest absolute Gasteiger partial charge is 0.352 e. The van der Waals surface area contributed by atoms with Crippen LogP contribution in [0.4, 0.5) is 0 Å². The van der Waals surface area contributed by atoms with Gasteiger partial charge in [0.15, 0.2) is 0 Å². The number of carbonyl (C=O) groups excluding carboxylic acids is 1. The fourth-order valence-corrected chi connectivity index (χ4v) is 4.66. The molecule has 0 spiro atoms. The van der Waals surface area contributed by atoms with Gasteiger partial charge in [-0.1, -0.05) is 19.3 Å². The van der Waals surface area contributed by atoms with E-state index in [0.29, 0.717) is 18.0 Å². The van der Waals surface area contributed by atoms with Gasteiger partial charge in [0.2, 0.25) is 10.0 Å². The molecule has 0 heterocycles. The maximum Gasteiger partial charge on any atom is 0.251 e. The Labute approximate surface area is 144 Å². The Morgan fingerprint density at radius 1 is 1.08 bits per heavy atom. The zero-order valence-corrected chi connectivity index (χ0v) is 15.0. The molecule has 1 N–H and O–H groups in total. The smallest absolute Gasteiger partial charge is 0.251 e. The first kappa shape index (κ1) is 17.4. The number of rotatable bonds is 6. The second-order valence-electron chi connectivity index (χ2n) is 6.99. The fourth-order valence-electron chi connectivity index (χ4n) is 3.25. The Hall–Kier alpha value is -1.40. The molecule has 2 aliphatic rings. The molecule has 2 fully saturated rings. The third-order valence-electron chi connectivity index (χ3n) is 5.13. The Morgan fingerprint density at radius 3 is 2.29 bits per heavy atom. The van der Waals surface area contributed by atoms with Crippen molar-refractivity contribution < 1.29 is 13.2 Å². The molecule has 5 nitrogen and oxygen atoms in total. The van der Waals surface area contributed by atoms with E-state index in [1.54, 1.807) is 31.3 Å². The molecule has 0 aromatic heterocycles. The van der Waals surface area contributed by atoms with Crippen LogP contribution in [0, 0.1) is 5.92 Å². The number of hydrogen-bond donors (Lipinski definition) is 1. The predicted molar refractivity (Wildman–Crippen MR) is 93.3 cm³/mol. The molecular formula is C18H26N2O3S. The van der Waals surface area contributed by atoms with E-state index < -0.39 is 10.0 Å². The van der Waals surface area contributed by atoms with E-state index in [1.807, 2.05) is 0 Å². The third-order valence-corrected chi connectivity index (χ3v) is 7.05. The number of nitrogens with one attached hydrogen (secondary N) is 1. The minimum Gasteiger partial charge on any atom is -0.352 e. The second-order valence-corrected chi connectivity index (χ2v) is 8.99. The summed E-state index contributed by atoms with van der Waals surface area (Å²) in [6.07, 6.45) is 7.59. The minimum atomic E-state index is -3.50. The highest BCUT2D eigenvalue weighted by Crippen LogP contribution is 2.28. The molecule has 2 saturated carbocycles. The highest BCUT2D eigenvalue weighted by atomic mass is 32.2. The van der Waals surface area contributed by atoms with Crippen LogP contribution in [0.5, 0.6) is 0 Å². The van der Waals surface area contributed by atoms with Gasteiger partial charge in [0.1, 0.15) is 0 Å².